The molecule has 1 aliphatic rings. The predicted molar refractivity (Wildman–Crippen MR) is 85.3 cm³/mol. The summed E-state index contributed by atoms with van der Waals surface area (Å²) in [6.45, 7) is 6.15. The summed E-state index contributed by atoms with van der Waals surface area (Å²) < 4.78 is 10.7. The first kappa shape index (κ1) is 14.8. The second kappa shape index (κ2) is 5.61. The molecule has 1 aliphatic heterocycles. The van der Waals surface area contributed by atoms with Crippen LogP contribution in [0.2, 0.25) is 0 Å². The van der Waals surface area contributed by atoms with E-state index in [1.807, 2.05) is 44.4 Å². The molecule has 0 bridgehead atoms. The van der Waals surface area contributed by atoms with Crippen molar-refractivity contribution in [3.8, 4) is 22.1 Å². The van der Waals surface area contributed by atoms with Gasteiger partial charge in [-0.3, -0.25) is 4.79 Å². The van der Waals surface area contributed by atoms with E-state index in [-0.39, 0.29) is 18.2 Å². The number of carbonyl (C=O) groups is 1. The first-order valence-corrected chi connectivity index (χ1v) is 7.94. The van der Waals surface area contributed by atoms with Crippen molar-refractivity contribution in [2.75, 3.05) is 6.79 Å². The number of carbonyl (C=O) groups excluding carboxylic acids is 1. The molecule has 1 amide bonds. The van der Waals surface area contributed by atoms with E-state index in [0.29, 0.717) is 6.42 Å². The highest BCUT2D eigenvalue weighted by Crippen LogP contribution is 2.36. The Balaban J connectivity index is 1.72. The van der Waals surface area contributed by atoms with Crippen LogP contribution in [0.15, 0.2) is 23.6 Å². The van der Waals surface area contributed by atoms with Crippen molar-refractivity contribution in [3.05, 3.63) is 29.3 Å². The summed E-state index contributed by atoms with van der Waals surface area (Å²) in [7, 11) is 0. The van der Waals surface area contributed by atoms with Gasteiger partial charge in [-0.15, -0.1) is 11.3 Å². The normalized spacial score (nSPS) is 13.2. The fourth-order valence-electron chi connectivity index (χ4n) is 2.18. The van der Waals surface area contributed by atoms with Crippen molar-refractivity contribution in [2.24, 2.45) is 0 Å². The highest BCUT2D eigenvalue weighted by molar-refractivity contribution is 7.13. The molecule has 0 spiro atoms. The fourth-order valence-corrected chi connectivity index (χ4v) is 2.99. The molecular formula is C16H18N2O3S. The molecule has 116 valence electrons. The zero-order valence-electron chi connectivity index (χ0n) is 12.8. The van der Waals surface area contributed by atoms with E-state index in [4.69, 9.17) is 9.47 Å². The smallest absolute Gasteiger partial charge is 0.231 e. The third-order valence-corrected chi connectivity index (χ3v) is 3.97. The van der Waals surface area contributed by atoms with Crippen LogP contribution < -0.4 is 14.8 Å². The van der Waals surface area contributed by atoms with E-state index in [2.05, 4.69) is 10.3 Å². The van der Waals surface area contributed by atoms with Crippen LogP contribution in [0.1, 0.15) is 26.5 Å². The zero-order chi connectivity index (χ0) is 15.7. The quantitative estimate of drug-likeness (QED) is 0.945. The zero-order valence-corrected chi connectivity index (χ0v) is 13.6. The van der Waals surface area contributed by atoms with Gasteiger partial charge in [0.25, 0.3) is 0 Å². The van der Waals surface area contributed by atoms with Crippen molar-refractivity contribution in [2.45, 2.75) is 32.7 Å². The van der Waals surface area contributed by atoms with Crippen LogP contribution >= 0.6 is 11.3 Å². The van der Waals surface area contributed by atoms with E-state index < -0.39 is 0 Å². The number of benzene rings is 1. The van der Waals surface area contributed by atoms with Gasteiger partial charge in [0.15, 0.2) is 11.5 Å². The molecule has 1 N–H and O–H groups in total. The summed E-state index contributed by atoms with van der Waals surface area (Å²) in [5.74, 6) is 1.47. The number of hydrogen-bond donors (Lipinski definition) is 1. The number of nitrogens with zero attached hydrogens (tertiary/aromatic N) is 1. The van der Waals surface area contributed by atoms with Gasteiger partial charge in [0.05, 0.1) is 12.1 Å². The summed E-state index contributed by atoms with van der Waals surface area (Å²) in [6, 6.07) is 5.75. The molecule has 0 atom stereocenters. The standard InChI is InChI=1S/C16H18N2O3S/c1-16(2,3)18-14(19)7-11-8-22-15(17-11)10-4-5-12-13(6-10)21-9-20-12/h4-6,8H,7,9H2,1-3H3,(H,18,19). The van der Waals surface area contributed by atoms with Crippen LogP contribution in [-0.2, 0) is 11.2 Å². The van der Waals surface area contributed by atoms with Crippen molar-refractivity contribution in [3.63, 3.8) is 0 Å². The van der Waals surface area contributed by atoms with Crippen LogP contribution in [0.5, 0.6) is 11.5 Å². The minimum Gasteiger partial charge on any atom is -0.454 e. The van der Waals surface area contributed by atoms with Crippen molar-refractivity contribution >= 4 is 17.2 Å². The van der Waals surface area contributed by atoms with Crippen molar-refractivity contribution < 1.29 is 14.3 Å². The molecular weight excluding hydrogens is 300 g/mol. The van der Waals surface area contributed by atoms with Gasteiger partial charge in [0.2, 0.25) is 12.7 Å². The topological polar surface area (TPSA) is 60.5 Å². The minimum absolute atomic E-state index is 0.0185. The molecule has 2 heterocycles. The number of aromatic nitrogens is 1. The lowest BCUT2D eigenvalue weighted by Gasteiger charge is -2.20. The molecule has 0 unspecified atom stereocenters. The van der Waals surface area contributed by atoms with E-state index in [1.165, 1.54) is 11.3 Å². The Labute approximate surface area is 133 Å². The number of hydrogen-bond acceptors (Lipinski definition) is 5. The third kappa shape index (κ3) is 3.39. The van der Waals surface area contributed by atoms with Gasteiger partial charge in [-0.1, -0.05) is 0 Å². The van der Waals surface area contributed by atoms with Gasteiger partial charge in [0, 0.05) is 16.5 Å². The van der Waals surface area contributed by atoms with Crippen LogP contribution in [0.3, 0.4) is 0 Å². The first-order valence-electron chi connectivity index (χ1n) is 7.06. The SMILES string of the molecule is CC(C)(C)NC(=O)Cc1csc(-c2ccc3c(c2)OCO3)n1. The third-order valence-electron chi connectivity index (χ3n) is 3.03. The average Bonchev–Trinajstić information content (AvgIpc) is 3.03. The van der Waals surface area contributed by atoms with Gasteiger partial charge in [-0.25, -0.2) is 4.98 Å². The molecule has 5 nitrogen and oxygen atoms in total. The molecule has 3 rings (SSSR count). The fraction of sp³-hybridized carbons (Fsp3) is 0.375. The van der Waals surface area contributed by atoms with E-state index in [9.17, 15) is 4.79 Å². The summed E-state index contributed by atoms with van der Waals surface area (Å²) in [5, 5.41) is 5.73. The number of nitrogens with one attached hydrogen (secondary N) is 1. The van der Waals surface area contributed by atoms with Crippen molar-refractivity contribution in [1.29, 1.82) is 0 Å². The summed E-state index contributed by atoms with van der Waals surface area (Å²) >= 11 is 1.52. The van der Waals surface area contributed by atoms with Gasteiger partial charge >= 0.3 is 0 Å². The maximum Gasteiger partial charge on any atom is 0.231 e. The maximum absolute atomic E-state index is 11.9. The van der Waals surface area contributed by atoms with Crippen molar-refractivity contribution in [1.82, 2.24) is 10.3 Å². The lowest BCUT2D eigenvalue weighted by atomic mass is 10.1. The summed E-state index contributed by atoms with van der Waals surface area (Å²) in [6.07, 6.45) is 0.290. The Kier molecular flexibility index (Phi) is 3.78. The Morgan fingerprint density at radius 1 is 1.32 bits per heavy atom. The molecule has 6 heteroatoms. The largest absolute Gasteiger partial charge is 0.454 e. The summed E-state index contributed by atoms with van der Waals surface area (Å²) in [5.41, 5.74) is 1.52. The van der Waals surface area contributed by atoms with Crippen LogP contribution in [-0.4, -0.2) is 23.2 Å². The van der Waals surface area contributed by atoms with E-state index in [1.54, 1.807) is 0 Å². The van der Waals surface area contributed by atoms with E-state index >= 15 is 0 Å². The summed E-state index contributed by atoms with van der Waals surface area (Å²) in [4.78, 5) is 16.5. The second-order valence-electron chi connectivity index (χ2n) is 6.19. The second-order valence-corrected chi connectivity index (χ2v) is 7.05. The number of thiazole rings is 1. The Bertz CT molecular complexity index is 704. The Morgan fingerprint density at radius 3 is 2.86 bits per heavy atom. The number of rotatable bonds is 3. The minimum atomic E-state index is -0.229. The molecule has 1 aromatic carbocycles. The molecule has 0 radical (unpaired) electrons. The molecule has 22 heavy (non-hydrogen) atoms. The first-order chi connectivity index (χ1) is 10.4. The van der Waals surface area contributed by atoms with Gasteiger partial charge in [-0.05, 0) is 39.0 Å². The van der Waals surface area contributed by atoms with Crippen LogP contribution in [0.25, 0.3) is 10.6 Å². The average molecular weight is 318 g/mol. The van der Waals surface area contributed by atoms with Crippen LogP contribution in [0.4, 0.5) is 0 Å². The predicted octanol–water partition coefficient (Wildman–Crippen LogP) is 3.00. The number of ether oxygens (including phenoxy) is 2. The molecule has 0 fully saturated rings. The monoisotopic (exact) mass is 318 g/mol. The highest BCUT2D eigenvalue weighted by atomic mass is 32.1. The lowest BCUT2D eigenvalue weighted by Crippen LogP contribution is -2.41. The molecule has 0 aliphatic carbocycles. The Morgan fingerprint density at radius 2 is 2.09 bits per heavy atom. The highest BCUT2D eigenvalue weighted by Gasteiger charge is 2.17. The Hall–Kier alpha value is -2.08. The van der Waals surface area contributed by atoms with Gasteiger partial charge in [0.1, 0.15) is 5.01 Å². The number of amides is 1. The molecule has 0 saturated carbocycles. The van der Waals surface area contributed by atoms with E-state index in [0.717, 1.165) is 27.8 Å². The van der Waals surface area contributed by atoms with Crippen LogP contribution in [0, 0.1) is 0 Å². The van der Waals surface area contributed by atoms with Gasteiger partial charge < -0.3 is 14.8 Å². The number of fused-ring (bicyclic) bond motifs is 1. The molecule has 0 saturated heterocycles. The maximum atomic E-state index is 11.9. The molecule has 2 aromatic rings. The van der Waals surface area contributed by atoms with Gasteiger partial charge in [-0.2, -0.15) is 0 Å². The lowest BCUT2D eigenvalue weighted by molar-refractivity contribution is -0.121. The molecule has 1 aromatic heterocycles.